The van der Waals surface area contributed by atoms with E-state index in [1.54, 1.807) is 18.2 Å². The summed E-state index contributed by atoms with van der Waals surface area (Å²) in [7, 11) is 0. The zero-order valence-corrected chi connectivity index (χ0v) is 38.5. The number of rotatable bonds is 31. The van der Waals surface area contributed by atoms with Gasteiger partial charge in [-0.3, -0.25) is 29.6 Å². The number of amides is 4. The Morgan fingerprint density at radius 1 is 0.903 bits per heavy atom. The Bertz CT molecular complexity index is 1520. The van der Waals surface area contributed by atoms with Crippen LogP contribution in [0.1, 0.15) is 180 Å². The van der Waals surface area contributed by atoms with Crippen LogP contribution in [0.4, 0.5) is 0 Å². The average Bonchev–Trinajstić information content (AvgIpc) is 3.68. The van der Waals surface area contributed by atoms with E-state index in [1.165, 1.54) is 96.5 Å². The van der Waals surface area contributed by atoms with Crippen molar-refractivity contribution in [1.29, 1.82) is 0 Å². The molecule has 0 spiro atoms. The van der Waals surface area contributed by atoms with Crippen LogP contribution in [0.5, 0.6) is 5.75 Å². The second kappa shape index (κ2) is 32.0. The molecule has 1 fully saturated rings. The van der Waals surface area contributed by atoms with Crippen molar-refractivity contribution >= 4 is 35.5 Å². The predicted octanol–water partition coefficient (Wildman–Crippen LogP) is 7.63. The molecule has 1 aromatic carbocycles. The Hall–Kier alpha value is -3.72. The van der Waals surface area contributed by atoms with Crippen molar-refractivity contribution in [2.24, 2.45) is 4.99 Å². The van der Waals surface area contributed by atoms with Crippen LogP contribution < -0.4 is 10.6 Å². The van der Waals surface area contributed by atoms with Crippen molar-refractivity contribution in [2.75, 3.05) is 19.7 Å². The largest absolute Gasteiger partial charge is 0.507 e. The van der Waals surface area contributed by atoms with Crippen molar-refractivity contribution in [3.05, 3.63) is 29.8 Å². The van der Waals surface area contributed by atoms with Gasteiger partial charge in [-0.2, -0.15) is 5.06 Å². The van der Waals surface area contributed by atoms with Crippen molar-refractivity contribution in [1.82, 2.24) is 20.8 Å². The molecule has 2 aliphatic heterocycles. The molecule has 1 aromatic rings. The fraction of sp³-hybridized carbons (Fsp3) is 0.739. The predicted molar refractivity (Wildman–Crippen MR) is 234 cm³/mol. The van der Waals surface area contributed by atoms with E-state index in [2.05, 4.69) is 22.5 Å². The molecule has 3 rings (SSSR count). The van der Waals surface area contributed by atoms with Gasteiger partial charge in [-0.15, -0.1) is 0 Å². The van der Waals surface area contributed by atoms with E-state index in [-0.39, 0.29) is 79.5 Å². The quantitative estimate of drug-likeness (QED) is 0.0124. The molecule has 4 atom stereocenters. The van der Waals surface area contributed by atoms with Gasteiger partial charge in [0.05, 0.1) is 18.5 Å². The van der Waals surface area contributed by atoms with E-state index in [4.69, 9.17) is 9.47 Å². The fourth-order valence-corrected chi connectivity index (χ4v) is 7.70. The third-order valence-electron chi connectivity index (χ3n) is 11.4. The van der Waals surface area contributed by atoms with Gasteiger partial charge in [-0.05, 0) is 64.0 Å². The van der Waals surface area contributed by atoms with Gasteiger partial charge in [0.15, 0.2) is 12.1 Å². The van der Waals surface area contributed by atoms with Gasteiger partial charge < -0.3 is 25.2 Å². The van der Waals surface area contributed by atoms with Crippen LogP contribution in [-0.4, -0.2) is 110 Å². The van der Waals surface area contributed by atoms with E-state index < -0.39 is 42.0 Å². The summed E-state index contributed by atoms with van der Waals surface area (Å²) in [6.07, 6.45) is 23.0. The Morgan fingerprint density at radius 2 is 1.50 bits per heavy atom. The summed E-state index contributed by atoms with van der Waals surface area (Å²) in [5, 5.41) is 37.4. The first-order valence-corrected chi connectivity index (χ1v) is 23.3. The molecule has 2 heterocycles. The summed E-state index contributed by atoms with van der Waals surface area (Å²) in [5.74, 6) is -2.53. The molecule has 16 heteroatoms. The van der Waals surface area contributed by atoms with Crippen LogP contribution in [0.3, 0.4) is 0 Å². The van der Waals surface area contributed by atoms with Crippen LogP contribution in [0, 0.1) is 0 Å². The Labute approximate surface area is 379 Å². The number of unbranched alkanes of at least 4 members (excludes halogenated alkanes) is 17. The number of ether oxygens (including phenoxy) is 2. The number of carbonyl (C=O) groups is 4. The molecule has 15 nitrogen and oxygen atoms in total. The zero-order chi connectivity index (χ0) is 44.2. The van der Waals surface area contributed by atoms with Gasteiger partial charge in [-0.25, -0.2) is 14.9 Å². The van der Waals surface area contributed by atoms with Crippen LogP contribution >= 0.6 is 0 Å². The summed E-state index contributed by atoms with van der Waals surface area (Å²) in [4.78, 5) is 66.8. The number of nitrogens with one attached hydrogen (secondary N) is 2. The summed E-state index contributed by atoms with van der Waals surface area (Å²) in [5.41, 5.74) is 0.329. The van der Waals surface area contributed by atoms with Gasteiger partial charge in [0.2, 0.25) is 23.6 Å². The number of nitrogens with zero attached hydrogens (tertiary/aromatic N) is 3. The van der Waals surface area contributed by atoms with Gasteiger partial charge in [0.25, 0.3) is 0 Å². The number of aromatic hydroxyl groups is 1. The van der Waals surface area contributed by atoms with Crippen molar-refractivity contribution < 1.29 is 66.0 Å². The summed E-state index contributed by atoms with van der Waals surface area (Å²) in [6.45, 7) is 4.00. The zero-order valence-electron chi connectivity index (χ0n) is 37.4. The third kappa shape index (κ3) is 21.6. The van der Waals surface area contributed by atoms with E-state index in [0.29, 0.717) is 49.2 Å². The molecule has 2 aliphatic rings. The maximum atomic E-state index is 13.5. The third-order valence-corrected chi connectivity index (χ3v) is 11.4. The minimum atomic E-state index is -1.14. The van der Waals surface area contributed by atoms with Gasteiger partial charge >= 0.3 is 11.9 Å². The summed E-state index contributed by atoms with van der Waals surface area (Å²) in [6, 6.07) is 3.52. The molecule has 62 heavy (non-hydrogen) atoms. The number of phenols is 1. The summed E-state index contributed by atoms with van der Waals surface area (Å²) >= 11 is 0. The van der Waals surface area contributed by atoms with E-state index in [1.807, 2.05) is 0 Å². The normalized spacial score (nSPS) is 17.2. The Balaban J connectivity index is 0.0000132. The van der Waals surface area contributed by atoms with Crippen LogP contribution in [0.2, 0.25) is 0 Å². The van der Waals surface area contributed by atoms with Crippen LogP contribution in [0.25, 0.3) is 0 Å². The first-order valence-electron chi connectivity index (χ1n) is 23.3. The Morgan fingerprint density at radius 3 is 2.11 bits per heavy atom. The number of aliphatic imine (C=N–C) groups is 1. The topological polar surface area (TPSA) is 212 Å². The first-order chi connectivity index (χ1) is 29.5. The van der Waals surface area contributed by atoms with E-state index in [0.717, 1.165) is 24.3 Å². The number of para-hydroxylation sites is 1. The smallest absolute Gasteiger partial charge is 0.437 e. The molecule has 0 aromatic heterocycles. The van der Waals surface area contributed by atoms with Crippen molar-refractivity contribution in [3.8, 4) is 5.75 Å². The first kappa shape index (κ1) is 54.4. The summed E-state index contributed by atoms with van der Waals surface area (Å²) < 4.78 is 11.2. The minimum Gasteiger partial charge on any atom is -0.507 e. The molecule has 6 N–H and O–H groups in total. The fourth-order valence-electron chi connectivity index (χ4n) is 7.70. The van der Waals surface area contributed by atoms with Crippen LogP contribution in [-0.2, 0) is 45.7 Å². The monoisotopic (exact) mass is 914 g/mol. The minimum absolute atomic E-state index is 0. The van der Waals surface area contributed by atoms with Gasteiger partial charge in [-0.1, -0.05) is 122 Å². The SMILES string of the molecule is CCCCCCCCCCCCCCCCCCCC(=O)N(O)CCCC[C@H](NC(=O)[C@H]1COC(c2ccccc2O)=N1)C(=O)O[C@H](C)CC(=O)N[C@H]1CCCCN(O)C1=[OH+].[Fe]. The number of phenolic OH excluding ortho intramolecular Hbond substituents is 1. The molecule has 0 bridgehead atoms. The van der Waals surface area contributed by atoms with Gasteiger partial charge in [0.1, 0.15) is 24.5 Å². The van der Waals surface area contributed by atoms with Crippen LogP contribution in [0.15, 0.2) is 29.3 Å². The number of hydrogen-bond acceptors (Lipinski definition) is 10. The molecule has 0 unspecified atom stereocenters. The maximum Gasteiger partial charge on any atom is 0.437 e. The van der Waals surface area contributed by atoms with E-state index in [9.17, 15) is 39.5 Å². The van der Waals surface area contributed by atoms with Gasteiger partial charge in [0, 0.05) is 30.0 Å². The van der Waals surface area contributed by atoms with E-state index >= 15 is 0 Å². The maximum absolute atomic E-state index is 13.5. The molecule has 352 valence electrons. The number of hydrogen-bond donors (Lipinski definition) is 5. The number of hydroxylamine groups is 4. The molecule has 4 amide bonds. The van der Waals surface area contributed by atoms with Crippen molar-refractivity contribution in [2.45, 2.75) is 199 Å². The second-order valence-electron chi connectivity index (χ2n) is 16.8. The Kier molecular flexibility index (Phi) is 28.1. The molecule has 0 saturated carbocycles. The second-order valence-corrected chi connectivity index (χ2v) is 16.8. The molecular formula is C46H76FeN5O10+. The molecule has 0 aliphatic carbocycles. The number of benzene rings is 1. The molecule has 1 saturated heterocycles. The van der Waals surface area contributed by atoms with Crippen molar-refractivity contribution in [3.63, 3.8) is 0 Å². The average molecular weight is 915 g/mol. The number of carbonyl (C=O) groups excluding carboxylic acids is 5. The molecule has 0 radical (unpaired) electrons. The number of esters is 1. The standard InChI is InChI=1S/C46H75N5O10.Fe/c1-3-4-5-6-7-8-9-10-11-12-13-14-15-16-17-18-19-30-42(54)50(58)31-24-23-28-38(48-43(55)39-34-60-44(49-39)36-26-20-21-29-40(36)52)46(57)61-35(2)33-41(53)47-37-27-22-25-32-51(59)45(37)56;/h20-21,26,29,35,37-39,52,58-59H,3-19,22-25,27-28,30-34H2,1-2H3,(H,47,53)(H,48,55);/p+1/t35-,37+,38+,39-;/m1./s1. The molecular weight excluding hydrogens is 838 g/mol.